The summed E-state index contributed by atoms with van der Waals surface area (Å²) in [5, 5.41) is 12.7. The van der Waals surface area contributed by atoms with Gasteiger partial charge in [-0.2, -0.15) is 5.26 Å². The second-order valence-electron chi connectivity index (χ2n) is 6.56. The van der Waals surface area contributed by atoms with Gasteiger partial charge in [-0.1, -0.05) is 20.8 Å². The normalized spacial score (nSPS) is 11.4. The second kappa shape index (κ2) is 6.71. The number of aryl methyl sites for hydroxylation is 1. The van der Waals surface area contributed by atoms with Crippen molar-refractivity contribution in [2.75, 3.05) is 6.54 Å². The number of nitriles is 1. The Hall–Kier alpha value is -2.19. The summed E-state index contributed by atoms with van der Waals surface area (Å²) >= 11 is 0. The molecule has 0 bridgehead atoms. The zero-order valence-corrected chi connectivity index (χ0v) is 13.7. The summed E-state index contributed by atoms with van der Waals surface area (Å²) in [7, 11) is 1.97. The predicted octanol–water partition coefficient (Wildman–Crippen LogP) is 2.32. The molecule has 2 rings (SSSR count). The number of aromatic nitrogens is 3. The standard InChI is InChI=1S/C17H23N5/c1-17(2,3)16-14(8-18)7-13(10-20-16)9-19-6-5-15-11-22(4)12-21-15/h7,10-12,19H,5-6,9H2,1-4H3. The van der Waals surface area contributed by atoms with E-state index in [-0.39, 0.29) is 5.41 Å². The van der Waals surface area contributed by atoms with Crippen LogP contribution in [0.4, 0.5) is 0 Å². The van der Waals surface area contributed by atoms with Crippen molar-refractivity contribution in [2.45, 2.75) is 39.2 Å². The third-order valence-electron chi connectivity index (χ3n) is 3.42. The summed E-state index contributed by atoms with van der Waals surface area (Å²) in [6, 6.07) is 4.19. The van der Waals surface area contributed by atoms with Gasteiger partial charge in [0.1, 0.15) is 6.07 Å². The van der Waals surface area contributed by atoms with Crippen LogP contribution in [0, 0.1) is 11.3 Å². The van der Waals surface area contributed by atoms with Crippen LogP contribution in [0.5, 0.6) is 0 Å². The maximum atomic E-state index is 9.31. The maximum Gasteiger partial charge on any atom is 0.101 e. The second-order valence-corrected chi connectivity index (χ2v) is 6.56. The van der Waals surface area contributed by atoms with E-state index in [1.165, 1.54) is 0 Å². The van der Waals surface area contributed by atoms with Crippen molar-refractivity contribution in [3.05, 3.63) is 47.3 Å². The summed E-state index contributed by atoms with van der Waals surface area (Å²) in [5.74, 6) is 0. The smallest absolute Gasteiger partial charge is 0.101 e. The molecule has 0 spiro atoms. The van der Waals surface area contributed by atoms with Gasteiger partial charge >= 0.3 is 0 Å². The molecular weight excluding hydrogens is 274 g/mol. The Bertz CT molecular complexity index is 673. The largest absolute Gasteiger partial charge is 0.340 e. The summed E-state index contributed by atoms with van der Waals surface area (Å²) in [6.07, 6.45) is 6.58. The van der Waals surface area contributed by atoms with Gasteiger partial charge < -0.3 is 9.88 Å². The summed E-state index contributed by atoms with van der Waals surface area (Å²) in [5.41, 5.74) is 3.51. The molecular formula is C17H23N5. The lowest BCUT2D eigenvalue weighted by molar-refractivity contribution is 0.565. The van der Waals surface area contributed by atoms with Crippen LogP contribution >= 0.6 is 0 Å². The van der Waals surface area contributed by atoms with Crippen LogP contribution in [-0.4, -0.2) is 21.1 Å². The van der Waals surface area contributed by atoms with Crippen molar-refractivity contribution in [1.82, 2.24) is 19.9 Å². The van der Waals surface area contributed by atoms with Crippen LogP contribution in [0.15, 0.2) is 24.8 Å². The minimum Gasteiger partial charge on any atom is -0.340 e. The molecule has 0 amide bonds. The first kappa shape index (κ1) is 16.2. The molecule has 0 saturated carbocycles. The molecule has 0 atom stereocenters. The van der Waals surface area contributed by atoms with E-state index in [4.69, 9.17) is 0 Å². The fourth-order valence-electron chi connectivity index (χ4n) is 2.33. The van der Waals surface area contributed by atoms with E-state index in [0.29, 0.717) is 12.1 Å². The molecule has 0 unspecified atom stereocenters. The van der Waals surface area contributed by atoms with E-state index in [0.717, 1.165) is 29.9 Å². The number of hydrogen-bond donors (Lipinski definition) is 1. The quantitative estimate of drug-likeness (QED) is 0.860. The topological polar surface area (TPSA) is 66.5 Å². The molecule has 5 nitrogen and oxygen atoms in total. The fourth-order valence-corrected chi connectivity index (χ4v) is 2.33. The molecule has 0 aliphatic heterocycles. The first-order valence-corrected chi connectivity index (χ1v) is 7.47. The van der Waals surface area contributed by atoms with E-state index in [1.807, 2.05) is 36.4 Å². The molecule has 116 valence electrons. The molecule has 0 aliphatic rings. The average molecular weight is 297 g/mol. The maximum absolute atomic E-state index is 9.31. The lowest BCUT2D eigenvalue weighted by Crippen LogP contribution is -2.19. The molecule has 0 radical (unpaired) electrons. The Balaban J connectivity index is 1.92. The highest BCUT2D eigenvalue weighted by Gasteiger charge is 2.19. The molecule has 0 fully saturated rings. The van der Waals surface area contributed by atoms with Gasteiger partial charge in [0.2, 0.25) is 0 Å². The van der Waals surface area contributed by atoms with Gasteiger partial charge in [0.15, 0.2) is 0 Å². The number of hydrogen-bond acceptors (Lipinski definition) is 4. The molecule has 2 heterocycles. The van der Waals surface area contributed by atoms with Gasteiger partial charge in [0.05, 0.1) is 23.3 Å². The van der Waals surface area contributed by atoms with Crippen LogP contribution in [0.2, 0.25) is 0 Å². The van der Waals surface area contributed by atoms with E-state index in [9.17, 15) is 5.26 Å². The Kier molecular flexibility index (Phi) is 4.94. The highest BCUT2D eigenvalue weighted by Crippen LogP contribution is 2.23. The number of pyridine rings is 1. The summed E-state index contributed by atoms with van der Waals surface area (Å²) < 4.78 is 1.95. The lowest BCUT2D eigenvalue weighted by Gasteiger charge is -2.19. The number of rotatable bonds is 5. The summed E-state index contributed by atoms with van der Waals surface area (Å²) in [4.78, 5) is 8.78. The van der Waals surface area contributed by atoms with Crippen LogP contribution < -0.4 is 5.32 Å². The zero-order chi connectivity index (χ0) is 16.2. The van der Waals surface area contributed by atoms with Gasteiger partial charge in [-0.3, -0.25) is 4.98 Å². The van der Waals surface area contributed by atoms with Crippen LogP contribution in [-0.2, 0) is 25.4 Å². The summed E-state index contributed by atoms with van der Waals surface area (Å²) in [6.45, 7) is 7.77. The van der Waals surface area contributed by atoms with Gasteiger partial charge in [-0.25, -0.2) is 4.98 Å². The molecule has 0 aliphatic carbocycles. The van der Waals surface area contributed by atoms with Crippen molar-refractivity contribution in [3.8, 4) is 6.07 Å². The SMILES string of the molecule is Cn1cnc(CCNCc2cnc(C(C)(C)C)c(C#N)c2)c1. The van der Waals surface area contributed by atoms with E-state index in [2.05, 4.69) is 42.1 Å². The Morgan fingerprint density at radius 3 is 2.68 bits per heavy atom. The minimum atomic E-state index is -0.115. The third-order valence-corrected chi connectivity index (χ3v) is 3.42. The van der Waals surface area contributed by atoms with Gasteiger partial charge in [0, 0.05) is 44.4 Å². The highest BCUT2D eigenvalue weighted by molar-refractivity contribution is 5.39. The first-order valence-electron chi connectivity index (χ1n) is 7.47. The molecule has 5 heteroatoms. The predicted molar refractivity (Wildman–Crippen MR) is 86.3 cm³/mol. The van der Waals surface area contributed by atoms with Crippen molar-refractivity contribution in [3.63, 3.8) is 0 Å². The van der Waals surface area contributed by atoms with Crippen molar-refractivity contribution in [1.29, 1.82) is 5.26 Å². The number of nitrogens with zero attached hydrogens (tertiary/aromatic N) is 4. The van der Waals surface area contributed by atoms with Gasteiger partial charge in [0.25, 0.3) is 0 Å². The van der Waals surface area contributed by atoms with Crippen molar-refractivity contribution >= 4 is 0 Å². The third kappa shape index (κ3) is 4.15. The molecule has 0 saturated heterocycles. The van der Waals surface area contributed by atoms with E-state index < -0.39 is 0 Å². The Morgan fingerprint density at radius 2 is 2.09 bits per heavy atom. The zero-order valence-electron chi connectivity index (χ0n) is 13.7. The van der Waals surface area contributed by atoms with E-state index in [1.54, 1.807) is 0 Å². The van der Waals surface area contributed by atoms with Crippen molar-refractivity contribution < 1.29 is 0 Å². The van der Waals surface area contributed by atoms with Gasteiger partial charge in [-0.15, -0.1) is 0 Å². The van der Waals surface area contributed by atoms with Crippen molar-refractivity contribution in [2.24, 2.45) is 7.05 Å². The molecule has 2 aromatic rings. The monoisotopic (exact) mass is 297 g/mol. The molecule has 22 heavy (non-hydrogen) atoms. The average Bonchev–Trinajstić information content (AvgIpc) is 2.88. The van der Waals surface area contributed by atoms with Crippen LogP contribution in [0.3, 0.4) is 0 Å². The number of nitrogens with one attached hydrogen (secondary N) is 1. The molecule has 0 aromatic carbocycles. The van der Waals surface area contributed by atoms with E-state index >= 15 is 0 Å². The fraction of sp³-hybridized carbons (Fsp3) is 0.471. The van der Waals surface area contributed by atoms with Crippen LogP contribution in [0.25, 0.3) is 0 Å². The molecule has 1 N–H and O–H groups in total. The molecule has 2 aromatic heterocycles. The minimum absolute atomic E-state index is 0.115. The van der Waals surface area contributed by atoms with Gasteiger partial charge in [-0.05, 0) is 11.6 Å². The Labute approximate surface area is 132 Å². The highest BCUT2D eigenvalue weighted by atomic mass is 15.0. The first-order chi connectivity index (χ1) is 10.4. The lowest BCUT2D eigenvalue weighted by atomic mass is 9.88. The Morgan fingerprint density at radius 1 is 1.32 bits per heavy atom. The van der Waals surface area contributed by atoms with Crippen LogP contribution in [0.1, 0.15) is 43.3 Å². The number of imidazole rings is 1.